The van der Waals surface area contributed by atoms with Crippen LogP contribution in [0.3, 0.4) is 0 Å². The van der Waals surface area contributed by atoms with Crippen LogP contribution >= 0.6 is 0 Å². The zero-order valence-electron chi connectivity index (χ0n) is 7.43. The Hall–Kier alpha value is -0.780. The molecule has 0 radical (unpaired) electrons. The maximum absolute atomic E-state index is 2.30. The third kappa shape index (κ3) is 2.75. The van der Waals surface area contributed by atoms with Crippen LogP contribution < -0.4 is 0 Å². The van der Waals surface area contributed by atoms with E-state index in [-0.39, 0.29) is 0 Å². The van der Waals surface area contributed by atoms with E-state index in [1.807, 2.05) is 0 Å². The van der Waals surface area contributed by atoms with Crippen molar-refractivity contribution in [3.8, 4) is 0 Å². The van der Waals surface area contributed by atoms with E-state index in [2.05, 4.69) is 38.2 Å². The molecule has 0 saturated heterocycles. The van der Waals surface area contributed by atoms with Crippen LogP contribution in [0.2, 0.25) is 0 Å². The Kier molecular flexibility index (Phi) is 3.15. The summed E-state index contributed by atoms with van der Waals surface area (Å²) in [6, 6.07) is 0. The van der Waals surface area contributed by atoms with Crippen LogP contribution in [0.25, 0.3) is 0 Å². The molecule has 0 aromatic carbocycles. The molecule has 0 heterocycles. The quantitative estimate of drug-likeness (QED) is 0.498. The second kappa shape index (κ2) is 4.17. The van der Waals surface area contributed by atoms with Crippen molar-refractivity contribution in [3.63, 3.8) is 0 Å². The Balaban J connectivity index is 2.68. The number of hydrogen-bond donors (Lipinski definition) is 0. The minimum absolute atomic E-state index is 1.11. The van der Waals surface area contributed by atoms with Gasteiger partial charge in [-0.3, -0.25) is 0 Å². The predicted octanol–water partition coefficient (Wildman–Crippen LogP) is 3.62. The van der Waals surface area contributed by atoms with E-state index in [0.717, 1.165) is 19.3 Å². The summed E-state index contributed by atoms with van der Waals surface area (Å²) in [4.78, 5) is 0. The Morgan fingerprint density at radius 1 is 1.36 bits per heavy atom. The first kappa shape index (κ1) is 8.32. The van der Waals surface area contributed by atoms with E-state index in [4.69, 9.17) is 0 Å². The van der Waals surface area contributed by atoms with Gasteiger partial charge in [-0.15, -0.1) is 0 Å². The molecular weight excluding hydrogens is 132 g/mol. The van der Waals surface area contributed by atoms with Crippen LogP contribution in [0.15, 0.2) is 35.5 Å². The lowest BCUT2D eigenvalue weighted by molar-refractivity contribution is 1.08. The third-order valence-corrected chi connectivity index (χ3v) is 2.03. The first-order chi connectivity index (χ1) is 5.33. The molecule has 0 bridgehead atoms. The zero-order valence-corrected chi connectivity index (χ0v) is 7.43. The molecule has 0 amide bonds. The van der Waals surface area contributed by atoms with Crippen molar-refractivity contribution < 1.29 is 0 Å². The highest BCUT2D eigenvalue weighted by Gasteiger charge is 1.91. The number of rotatable bonds is 1. The van der Waals surface area contributed by atoms with Gasteiger partial charge in [0.15, 0.2) is 0 Å². The molecule has 1 aliphatic carbocycles. The fourth-order valence-electron chi connectivity index (χ4n) is 1.22. The molecular formula is C11H16. The van der Waals surface area contributed by atoms with Gasteiger partial charge in [0, 0.05) is 0 Å². The summed E-state index contributed by atoms with van der Waals surface area (Å²) in [5.74, 6) is 0. The highest BCUT2D eigenvalue weighted by Crippen LogP contribution is 2.12. The average molecular weight is 148 g/mol. The molecule has 0 nitrogen and oxygen atoms in total. The van der Waals surface area contributed by atoms with Crippen molar-refractivity contribution in [2.75, 3.05) is 0 Å². The van der Waals surface area contributed by atoms with Crippen LogP contribution in [0.1, 0.15) is 33.1 Å². The summed E-state index contributed by atoms with van der Waals surface area (Å²) in [7, 11) is 0. The molecule has 0 aromatic rings. The third-order valence-electron chi connectivity index (χ3n) is 2.03. The van der Waals surface area contributed by atoms with Crippen LogP contribution in [0.4, 0.5) is 0 Å². The summed E-state index contributed by atoms with van der Waals surface area (Å²) in [6.07, 6.45) is 12.5. The van der Waals surface area contributed by atoms with Crippen LogP contribution in [-0.2, 0) is 0 Å². The molecule has 0 N–H and O–H groups in total. The van der Waals surface area contributed by atoms with Crippen molar-refractivity contribution in [1.82, 2.24) is 0 Å². The molecule has 0 saturated carbocycles. The van der Waals surface area contributed by atoms with Gasteiger partial charge in [-0.25, -0.2) is 0 Å². The summed E-state index contributed by atoms with van der Waals surface area (Å²) >= 11 is 0. The number of hydrogen-bond acceptors (Lipinski definition) is 0. The van der Waals surface area contributed by atoms with Gasteiger partial charge in [0.25, 0.3) is 0 Å². The second-order valence-electron chi connectivity index (χ2n) is 3.03. The molecule has 0 heteroatoms. The van der Waals surface area contributed by atoms with Gasteiger partial charge in [-0.2, -0.15) is 0 Å². The van der Waals surface area contributed by atoms with Gasteiger partial charge in [-0.05, 0) is 26.2 Å². The first-order valence-electron chi connectivity index (χ1n) is 4.34. The van der Waals surface area contributed by atoms with Gasteiger partial charge in [0.2, 0.25) is 0 Å². The molecule has 0 atom stereocenters. The van der Waals surface area contributed by atoms with Gasteiger partial charge in [-0.1, -0.05) is 42.4 Å². The van der Waals surface area contributed by atoms with E-state index in [0.29, 0.717) is 0 Å². The molecule has 60 valence electrons. The molecule has 0 spiro atoms. The number of allylic oxidation sites excluding steroid dienone is 6. The molecule has 0 aromatic heterocycles. The zero-order chi connectivity index (χ0) is 8.10. The Bertz CT molecular complexity index is 204. The van der Waals surface area contributed by atoms with Crippen molar-refractivity contribution in [2.24, 2.45) is 0 Å². The van der Waals surface area contributed by atoms with E-state index < -0.39 is 0 Å². The Labute approximate surface area is 69.3 Å². The molecule has 0 aliphatic heterocycles. The molecule has 1 aliphatic rings. The monoisotopic (exact) mass is 148 g/mol. The molecule has 1 rings (SSSR count). The molecule has 0 fully saturated rings. The smallest absolute Gasteiger partial charge is 0.0138 e. The van der Waals surface area contributed by atoms with Gasteiger partial charge >= 0.3 is 0 Å². The van der Waals surface area contributed by atoms with Crippen LogP contribution in [-0.4, -0.2) is 0 Å². The Morgan fingerprint density at radius 2 is 2.18 bits per heavy atom. The lowest BCUT2D eigenvalue weighted by Crippen LogP contribution is -1.81. The SMILES string of the molecule is CCC1=CCC=C(C)CC=C1. The Morgan fingerprint density at radius 3 is 2.91 bits per heavy atom. The largest absolute Gasteiger partial charge is 0.0815 e. The van der Waals surface area contributed by atoms with Gasteiger partial charge in [0.1, 0.15) is 0 Å². The normalized spacial score (nSPS) is 18.4. The summed E-state index contributed by atoms with van der Waals surface area (Å²) in [6.45, 7) is 4.39. The lowest BCUT2D eigenvalue weighted by atomic mass is 10.1. The highest BCUT2D eigenvalue weighted by molar-refractivity contribution is 5.23. The van der Waals surface area contributed by atoms with Crippen LogP contribution in [0.5, 0.6) is 0 Å². The summed E-state index contributed by atoms with van der Waals surface area (Å²) in [5.41, 5.74) is 2.95. The second-order valence-corrected chi connectivity index (χ2v) is 3.03. The first-order valence-corrected chi connectivity index (χ1v) is 4.34. The fraction of sp³-hybridized carbons (Fsp3) is 0.455. The standard InChI is InChI=1S/C11H16/c1-3-11-8-4-6-10(2)7-5-9-11/h4,7-9H,3,5-6H2,1-2H3. The van der Waals surface area contributed by atoms with Crippen molar-refractivity contribution in [1.29, 1.82) is 0 Å². The lowest BCUT2D eigenvalue weighted by Gasteiger charge is -2.01. The van der Waals surface area contributed by atoms with E-state index in [1.165, 1.54) is 11.1 Å². The van der Waals surface area contributed by atoms with Crippen molar-refractivity contribution in [3.05, 3.63) is 35.5 Å². The average Bonchev–Trinajstić information content (AvgIpc) is 1.96. The van der Waals surface area contributed by atoms with E-state index in [1.54, 1.807) is 0 Å². The van der Waals surface area contributed by atoms with Gasteiger partial charge < -0.3 is 0 Å². The fourth-order valence-corrected chi connectivity index (χ4v) is 1.22. The maximum Gasteiger partial charge on any atom is -0.0138 e. The molecule has 11 heavy (non-hydrogen) atoms. The minimum Gasteiger partial charge on any atom is -0.0815 e. The maximum atomic E-state index is 2.30. The van der Waals surface area contributed by atoms with Crippen molar-refractivity contribution >= 4 is 0 Å². The van der Waals surface area contributed by atoms with Crippen LogP contribution in [0, 0.1) is 0 Å². The van der Waals surface area contributed by atoms with E-state index in [9.17, 15) is 0 Å². The topological polar surface area (TPSA) is 0 Å². The summed E-state index contributed by atoms with van der Waals surface area (Å²) < 4.78 is 0. The van der Waals surface area contributed by atoms with E-state index >= 15 is 0 Å². The highest BCUT2D eigenvalue weighted by atomic mass is 14.0. The van der Waals surface area contributed by atoms with Crippen molar-refractivity contribution in [2.45, 2.75) is 33.1 Å². The summed E-state index contributed by atoms with van der Waals surface area (Å²) in [5, 5.41) is 0. The minimum atomic E-state index is 1.11. The molecule has 0 unspecified atom stereocenters. The predicted molar refractivity (Wildman–Crippen MR) is 50.5 cm³/mol. The van der Waals surface area contributed by atoms with Gasteiger partial charge in [0.05, 0.1) is 0 Å².